The van der Waals surface area contributed by atoms with E-state index in [1.165, 1.54) is 23.9 Å². The molecular weight excluding hydrogens is 458 g/mol. The third kappa shape index (κ3) is 5.70. The molecule has 2 amide bonds. The van der Waals surface area contributed by atoms with Crippen molar-refractivity contribution in [3.05, 3.63) is 53.6 Å². The van der Waals surface area contributed by atoms with Gasteiger partial charge in [0.2, 0.25) is 0 Å². The molecule has 2 aromatic rings. The number of amides is 2. The van der Waals surface area contributed by atoms with Crippen molar-refractivity contribution in [2.45, 2.75) is 42.9 Å². The monoisotopic (exact) mass is 489 g/mol. The fourth-order valence-corrected chi connectivity index (χ4v) is 5.61. The highest BCUT2D eigenvalue weighted by molar-refractivity contribution is 7.98. The van der Waals surface area contributed by atoms with Crippen molar-refractivity contribution in [2.75, 3.05) is 37.2 Å². The van der Waals surface area contributed by atoms with Crippen LogP contribution in [0, 0.1) is 0 Å². The molecule has 1 heterocycles. The van der Waals surface area contributed by atoms with E-state index in [1.807, 2.05) is 20.1 Å². The molecule has 0 saturated carbocycles. The SMILES string of the molecule is CCN(CC)C(=O)c1ccccc1NS(=O)(=O)c1ccc(SC)c(C(=O)N2CCCCC2)c1. The smallest absolute Gasteiger partial charge is 0.261 e. The lowest BCUT2D eigenvalue weighted by Crippen LogP contribution is -2.36. The number of hydrogen-bond acceptors (Lipinski definition) is 5. The van der Waals surface area contributed by atoms with E-state index in [-0.39, 0.29) is 28.0 Å². The van der Waals surface area contributed by atoms with Crippen LogP contribution in [-0.2, 0) is 10.0 Å². The number of hydrogen-bond donors (Lipinski definition) is 1. The number of nitrogens with zero attached hydrogens (tertiary/aromatic N) is 2. The summed E-state index contributed by atoms with van der Waals surface area (Å²) in [5, 5.41) is 0. The lowest BCUT2D eigenvalue weighted by Gasteiger charge is -2.27. The predicted molar refractivity (Wildman–Crippen MR) is 132 cm³/mol. The molecule has 7 nitrogen and oxygen atoms in total. The van der Waals surface area contributed by atoms with E-state index < -0.39 is 10.0 Å². The lowest BCUT2D eigenvalue weighted by molar-refractivity contribution is 0.0719. The van der Waals surface area contributed by atoms with Gasteiger partial charge in [0.15, 0.2) is 0 Å². The lowest BCUT2D eigenvalue weighted by atomic mass is 10.1. The summed E-state index contributed by atoms with van der Waals surface area (Å²) in [6, 6.07) is 11.2. The molecule has 2 aromatic carbocycles. The fraction of sp³-hybridized carbons (Fsp3) is 0.417. The molecule has 0 atom stereocenters. The van der Waals surface area contributed by atoms with Crippen LogP contribution in [0.1, 0.15) is 53.8 Å². The Labute approximate surface area is 200 Å². The van der Waals surface area contributed by atoms with Crippen LogP contribution in [-0.4, -0.2) is 62.5 Å². The number of para-hydroxylation sites is 1. The maximum Gasteiger partial charge on any atom is 0.261 e. The zero-order valence-corrected chi connectivity index (χ0v) is 21.0. The van der Waals surface area contributed by atoms with Gasteiger partial charge >= 0.3 is 0 Å². The first kappa shape index (κ1) is 25.1. The van der Waals surface area contributed by atoms with Crippen molar-refractivity contribution in [1.29, 1.82) is 0 Å². The van der Waals surface area contributed by atoms with Crippen molar-refractivity contribution < 1.29 is 18.0 Å². The van der Waals surface area contributed by atoms with Crippen LogP contribution in [0.4, 0.5) is 5.69 Å². The summed E-state index contributed by atoms with van der Waals surface area (Å²) in [5.41, 5.74) is 0.891. The van der Waals surface area contributed by atoms with Crippen LogP contribution < -0.4 is 4.72 Å². The molecule has 178 valence electrons. The van der Waals surface area contributed by atoms with E-state index in [0.717, 1.165) is 24.2 Å². The number of anilines is 1. The highest BCUT2D eigenvalue weighted by Gasteiger charge is 2.25. The summed E-state index contributed by atoms with van der Waals surface area (Å²) in [6.07, 6.45) is 4.88. The van der Waals surface area contributed by atoms with Gasteiger partial charge in [-0.2, -0.15) is 0 Å². The second-order valence-corrected chi connectivity index (χ2v) is 10.4. The van der Waals surface area contributed by atoms with Gasteiger partial charge in [0.25, 0.3) is 21.8 Å². The average Bonchev–Trinajstić information content (AvgIpc) is 2.84. The molecule has 1 aliphatic rings. The summed E-state index contributed by atoms with van der Waals surface area (Å²) in [5.74, 6) is -0.384. The van der Waals surface area contributed by atoms with Gasteiger partial charge in [-0.25, -0.2) is 8.42 Å². The number of carbonyl (C=O) groups excluding carboxylic acids is 2. The topological polar surface area (TPSA) is 86.8 Å². The molecule has 1 saturated heterocycles. The first-order valence-corrected chi connectivity index (χ1v) is 13.9. The summed E-state index contributed by atoms with van der Waals surface area (Å²) < 4.78 is 29.1. The molecule has 9 heteroatoms. The van der Waals surface area contributed by atoms with Crippen molar-refractivity contribution in [3.63, 3.8) is 0 Å². The zero-order valence-electron chi connectivity index (χ0n) is 19.3. The van der Waals surface area contributed by atoms with Gasteiger partial charge in [-0.05, 0) is 69.7 Å². The van der Waals surface area contributed by atoms with Crippen LogP contribution >= 0.6 is 11.8 Å². The minimum Gasteiger partial charge on any atom is -0.339 e. The van der Waals surface area contributed by atoms with Gasteiger partial charge in [-0.3, -0.25) is 14.3 Å². The molecule has 0 radical (unpaired) electrons. The van der Waals surface area contributed by atoms with Gasteiger partial charge in [0.1, 0.15) is 0 Å². The molecule has 3 rings (SSSR count). The molecule has 0 aromatic heterocycles. The number of piperidine rings is 1. The Morgan fingerprint density at radius 3 is 2.30 bits per heavy atom. The maximum atomic E-state index is 13.3. The fourth-order valence-electron chi connectivity index (χ4n) is 3.93. The van der Waals surface area contributed by atoms with Gasteiger partial charge in [0, 0.05) is 31.1 Å². The molecule has 1 N–H and O–H groups in total. The average molecular weight is 490 g/mol. The van der Waals surface area contributed by atoms with E-state index in [1.54, 1.807) is 40.1 Å². The van der Waals surface area contributed by atoms with Crippen LogP contribution in [0.5, 0.6) is 0 Å². The van der Waals surface area contributed by atoms with Crippen LogP contribution in [0.3, 0.4) is 0 Å². The minimum atomic E-state index is -4.02. The predicted octanol–water partition coefficient (Wildman–Crippen LogP) is 4.32. The Kier molecular flexibility index (Phi) is 8.42. The van der Waals surface area contributed by atoms with Crippen LogP contribution in [0.15, 0.2) is 52.3 Å². The highest BCUT2D eigenvalue weighted by atomic mass is 32.2. The number of nitrogens with one attached hydrogen (secondary N) is 1. The molecule has 1 aliphatic heterocycles. The van der Waals surface area contributed by atoms with Crippen molar-refractivity contribution in [2.24, 2.45) is 0 Å². The quantitative estimate of drug-likeness (QED) is 0.558. The van der Waals surface area contributed by atoms with Crippen molar-refractivity contribution in [3.8, 4) is 0 Å². The Balaban J connectivity index is 1.94. The summed E-state index contributed by atoms with van der Waals surface area (Å²) in [6.45, 7) is 6.17. The number of carbonyl (C=O) groups is 2. The molecular formula is C24H31N3O4S2. The standard InChI is InChI=1S/C24H31N3O4S2/c1-4-26(5-2)23(28)19-11-7-8-12-21(19)25-33(30,31)18-13-14-22(32-3)20(17-18)24(29)27-15-9-6-10-16-27/h7-8,11-14,17,25H,4-6,9-10,15-16H2,1-3H3. The second kappa shape index (κ2) is 11.1. The van der Waals surface area contributed by atoms with Gasteiger partial charge in [-0.15, -0.1) is 11.8 Å². The first-order chi connectivity index (χ1) is 15.8. The Morgan fingerprint density at radius 1 is 1.00 bits per heavy atom. The molecule has 0 unspecified atom stereocenters. The van der Waals surface area contributed by atoms with Crippen LogP contribution in [0.25, 0.3) is 0 Å². The Hall–Kier alpha value is -2.52. The normalized spacial score (nSPS) is 14.1. The Morgan fingerprint density at radius 2 is 1.67 bits per heavy atom. The number of rotatable bonds is 8. The van der Waals surface area contributed by atoms with E-state index >= 15 is 0 Å². The van der Waals surface area contributed by atoms with Gasteiger partial charge in [-0.1, -0.05) is 12.1 Å². The molecule has 0 spiro atoms. The van der Waals surface area contributed by atoms with Gasteiger partial charge < -0.3 is 9.80 Å². The third-order valence-corrected chi connectivity index (χ3v) is 7.97. The summed E-state index contributed by atoms with van der Waals surface area (Å²) in [4.78, 5) is 30.2. The number of benzene rings is 2. The van der Waals surface area contributed by atoms with E-state index in [4.69, 9.17) is 0 Å². The molecule has 1 fully saturated rings. The highest BCUT2D eigenvalue weighted by Crippen LogP contribution is 2.28. The van der Waals surface area contributed by atoms with Crippen molar-refractivity contribution >= 4 is 39.3 Å². The number of likely N-dealkylation sites (tertiary alicyclic amines) is 1. The van der Waals surface area contributed by atoms with E-state index in [0.29, 0.717) is 31.7 Å². The summed E-state index contributed by atoms with van der Waals surface area (Å²) >= 11 is 1.41. The zero-order chi connectivity index (χ0) is 24.0. The number of thioether (sulfide) groups is 1. The molecule has 0 bridgehead atoms. The maximum absolute atomic E-state index is 13.3. The van der Waals surface area contributed by atoms with Crippen molar-refractivity contribution in [1.82, 2.24) is 9.80 Å². The third-order valence-electron chi connectivity index (χ3n) is 5.81. The largest absolute Gasteiger partial charge is 0.339 e. The van der Waals surface area contributed by atoms with E-state index in [9.17, 15) is 18.0 Å². The number of sulfonamides is 1. The first-order valence-electron chi connectivity index (χ1n) is 11.2. The summed E-state index contributed by atoms with van der Waals surface area (Å²) in [7, 11) is -4.02. The van der Waals surface area contributed by atoms with Crippen LogP contribution in [0.2, 0.25) is 0 Å². The second-order valence-electron chi connectivity index (χ2n) is 7.84. The molecule has 0 aliphatic carbocycles. The van der Waals surface area contributed by atoms with E-state index in [2.05, 4.69) is 4.72 Å². The van der Waals surface area contributed by atoms with Gasteiger partial charge in [0.05, 0.1) is 21.7 Å². The molecule has 33 heavy (non-hydrogen) atoms. The minimum absolute atomic E-state index is 0.00856. The Bertz CT molecular complexity index is 1110.